The number of benzene rings is 1. The van der Waals surface area contributed by atoms with Crippen LogP contribution in [0.5, 0.6) is 0 Å². The van der Waals surface area contributed by atoms with Crippen LogP contribution in [0.25, 0.3) is 0 Å². The topological polar surface area (TPSA) is 44.8 Å². The van der Waals surface area contributed by atoms with E-state index in [-0.39, 0.29) is 23.9 Å². The second kappa shape index (κ2) is 7.00. The van der Waals surface area contributed by atoms with Crippen LogP contribution in [-0.2, 0) is 20.8 Å². The molecule has 1 fully saturated rings. The molecule has 0 saturated carbocycles. The summed E-state index contributed by atoms with van der Waals surface area (Å²) in [5.74, 6) is -1.26. The van der Waals surface area contributed by atoms with E-state index in [4.69, 9.17) is 9.47 Å². The van der Waals surface area contributed by atoms with Gasteiger partial charge < -0.3 is 14.2 Å². The van der Waals surface area contributed by atoms with E-state index in [1.54, 1.807) is 6.07 Å². The van der Waals surface area contributed by atoms with Crippen molar-refractivity contribution in [1.82, 2.24) is 0 Å². The van der Waals surface area contributed by atoms with E-state index >= 15 is 0 Å². The lowest BCUT2D eigenvalue weighted by Crippen LogP contribution is -2.34. The second-order valence-electron chi connectivity index (χ2n) is 5.47. The van der Waals surface area contributed by atoms with Crippen LogP contribution in [-0.4, -0.2) is 31.4 Å². The largest absolute Gasteiger partial charge is 0.465 e. The van der Waals surface area contributed by atoms with Crippen LogP contribution in [0.4, 0.5) is 4.39 Å². The van der Waals surface area contributed by atoms with E-state index in [0.717, 1.165) is 12.8 Å². The standard InChI is InChI=1S/C16H21FO4/c1-10-6-13(7-11(2)21-10)20-9-12-4-5-14(15(17)8-12)16(18)19-3/h4-5,8,10-11,13H,6-7,9H2,1-3H3. The molecule has 1 heterocycles. The van der Waals surface area contributed by atoms with E-state index < -0.39 is 11.8 Å². The molecule has 0 radical (unpaired) electrons. The molecule has 21 heavy (non-hydrogen) atoms. The van der Waals surface area contributed by atoms with E-state index in [1.165, 1.54) is 19.2 Å². The van der Waals surface area contributed by atoms with Crippen molar-refractivity contribution in [2.75, 3.05) is 7.11 Å². The number of hydrogen-bond donors (Lipinski definition) is 0. The Morgan fingerprint density at radius 1 is 1.33 bits per heavy atom. The van der Waals surface area contributed by atoms with Crippen molar-refractivity contribution in [1.29, 1.82) is 0 Å². The fourth-order valence-corrected chi connectivity index (χ4v) is 2.62. The molecule has 1 aliphatic heterocycles. The molecule has 1 saturated heterocycles. The zero-order valence-corrected chi connectivity index (χ0v) is 12.6. The summed E-state index contributed by atoms with van der Waals surface area (Å²) in [7, 11) is 1.23. The molecule has 0 spiro atoms. The summed E-state index contributed by atoms with van der Waals surface area (Å²) in [4.78, 5) is 11.3. The first-order chi connectivity index (χ1) is 9.99. The van der Waals surface area contributed by atoms with Crippen LogP contribution in [0.15, 0.2) is 18.2 Å². The highest BCUT2D eigenvalue weighted by Gasteiger charge is 2.25. The number of methoxy groups -OCH3 is 1. The van der Waals surface area contributed by atoms with Gasteiger partial charge in [-0.05, 0) is 44.4 Å². The van der Waals surface area contributed by atoms with Crippen molar-refractivity contribution in [2.24, 2.45) is 0 Å². The minimum absolute atomic E-state index is 0.0606. The molecule has 2 rings (SSSR count). The van der Waals surface area contributed by atoms with E-state index in [0.29, 0.717) is 12.2 Å². The molecule has 2 unspecified atom stereocenters. The van der Waals surface area contributed by atoms with Gasteiger partial charge in [0.1, 0.15) is 5.82 Å². The van der Waals surface area contributed by atoms with Gasteiger partial charge in [-0.25, -0.2) is 9.18 Å². The molecule has 4 nitrogen and oxygen atoms in total. The lowest BCUT2D eigenvalue weighted by molar-refractivity contribution is -0.106. The number of hydrogen-bond acceptors (Lipinski definition) is 4. The fraction of sp³-hybridized carbons (Fsp3) is 0.562. The van der Waals surface area contributed by atoms with Gasteiger partial charge in [-0.15, -0.1) is 0 Å². The Bertz CT molecular complexity index is 493. The number of esters is 1. The normalized spacial score (nSPS) is 25.6. The lowest BCUT2D eigenvalue weighted by atomic mass is 10.0. The van der Waals surface area contributed by atoms with Crippen LogP contribution in [0, 0.1) is 5.82 Å². The number of halogens is 1. The minimum atomic E-state index is -0.674. The molecule has 1 aromatic carbocycles. The summed E-state index contributed by atoms with van der Waals surface area (Å²) >= 11 is 0. The van der Waals surface area contributed by atoms with Gasteiger partial charge in [0.25, 0.3) is 0 Å². The first-order valence-electron chi connectivity index (χ1n) is 7.13. The van der Waals surface area contributed by atoms with Crippen molar-refractivity contribution in [3.05, 3.63) is 35.1 Å². The van der Waals surface area contributed by atoms with Crippen molar-refractivity contribution < 1.29 is 23.4 Å². The molecule has 0 aliphatic carbocycles. The zero-order valence-electron chi connectivity index (χ0n) is 12.6. The molecule has 0 bridgehead atoms. The molecule has 1 aliphatic rings. The average Bonchev–Trinajstić information content (AvgIpc) is 2.43. The molecule has 0 N–H and O–H groups in total. The highest BCUT2D eigenvalue weighted by Crippen LogP contribution is 2.23. The highest BCUT2D eigenvalue weighted by atomic mass is 19.1. The van der Waals surface area contributed by atoms with E-state index in [2.05, 4.69) is 4.74 Å². The molecule has 1 aromatic rings. The van der Waals surface area contributed by atoms with Crippen LogP contribution in [0.3, 0.4) is 0 Å². The summed E-state index contributed by atoms with van der Waals surface area (Å²) < 4.78 is 29.8. The predicted octanol–water partition coefficient (Wildman–Crippen LogP) is 3.08. The SMILES string of the molecule is COC(=O)c1ccc(COC2CC(C)OC(C)C2)cc1F. The van der Waals surface area contributed by atoms with Gasteiger partial charge in [-0.2, -0.15) is 0 Å². The third kappa shape index (κ3) is 4.25. The van der Waals surface area contributed by atoms with Gasteiger partial charge in [0.15, 0.2) is 0 Å². The summed E-state index contributed by atoms with van der Waals surface area (Å²) in [5, 5.41) is 0. The Balaban J connectivity index is 1.94. The highest BCUT2D eigenvalue weighted by molar-refractivity contribution is 5.89. The fourth-order valence-electron chi connectivity index (χ4n) is 2.62. The van der Waals surface area contributed by atoms with Gasteiger partial charge in [0.2, 0.25) is 0 Å². The summed E-state index contributed by atoms with van der Waals surface area (Å²) in [6.45, 7) is 4.37. The summed E-state index contributed by atoms with van der Waals surface area (Å²) in [6.07, 6.45) is 2.15. The van der Waals surface area contributed by atoms with Gasteiger partial charge in [0.05, 0.1) is 37.6 Å². The third-order valence-electron chi connectivity index (χ3n) is 3.58. The maximum absolute atomic E-state index is 13.8. The van der Waals surface area contributed by atoms with Gasteiger partial charge in [0, 0.05) is 0 Å². The van der Waals surface area contributed by atoms with Crippen LogP contribution < -0.4 is 0 Å². The van der Waals surface area contributed by atoms with Gasteiger partial charge >= 0.3 is 5.97 Å². The molecular formula is C16H21FO4. The number of carbonyl (C=O) groups excluding carboxylic acids is 1. The minimum Gasteiger partial charge on any atom is -0.465 e. The Labute approximate surface area is 124 Å². The monoisotopic (exact) mass is 296 g/mol. The van der Waals surface area contributed by atoms with Crippen LogP contribution in [0.2, 0.25) is 0 Å². The second-order valence-corrected chi connectivity index (χ2v) is 5.47. The first kappa shape index (κ1) is 15.9. The Morgan fingerprint density at radius 2 is 2.00 bits per heavy atom. The number of carbonyl (C=O) groups is 1. The van der Waals surface area contributed by atoms with E-state index in [9.17, 15) is 9.18 Å². The smallest absolute Gasteiger partial charge is 0.340 e. The zero-order chi connectivity index (χ0) is 15.4. The first-order valence-corrected chi connectivity index (χ1v) is 7.13. The predicted molar refractivity (Wildman–Crippen MR) is 75.6 cm³/mol. The maximum atomic E-state index is 13.8. The van der Waals surface area contributed by atoms with Crippen molar-refractivity contribution >= 4 is 5.97 Å². The van der Waals surface area contributed by atoms with Crippen LogP contribution >= 0.6 is 0 Å². The van der Waals surface area contributed by atoms with Crippen molar-refractivity contribution in [3.63, 3.8) is 0 Å². The Kier molecular flexibility index (Phi) is 5.31. The number of rotatable bonds is 4. The molecule has 0 amide bonds. The summed E-state index contributed by atoms with van der Waals surface area (Å²) in [5.41, 5.74) is 0.640. The lowest BCUT2D eigenvalue weighted by Gasteiger charge is -2.32. The molecule has 0 aromatic heterocycles. The molecule has 2 atom stereocenters. The molecule has 5 heteroatoms. The third-order valence-corrected chi connectivity index (χ3v) is 3.58. The Morgan fingerprint density at radius 3 is 2.57 bits per heavy atom. The quantitative estimate of drug-likeness (QED) is 0.801. The van der Waals surface area contributed by atoms with Gasteiger partial charge in [-0.3, -0.25) is 0 Å². The Hall–Kier alpha value is -1.46. The number of ether oxygens (including phenoxy) is 3. The average molecular weight is 296 g/mol. The van der Waals surface area contributed by atoms with E-state index in [1.807, 2.05) is 13.8 Å². The van der Waals surface area contributed by atoms with Crippen LogP contribution in [0.1, 0.15) is 42.6 Å². The molecule has 116 valence electrons. The summed E-state index contributed by atoms with van der Waals surface area (Å²) in [6, 6.07) is 4.43. The molecular weight excluding hydrogens is 275 g/mol. The van der Waals surface area contributed by atoms with Crippen molar-refractivity contribution in [2.45, 2.75) is 51.6 Å². The van der Waals surface area contributed by atoms with Gasteiger partial charge in [-0.1, -0.05) is 6.07 Å². The van der Waals surface area contributed by atoms with Crippen molar-refractivity contribution in [3.8, 4) is 0 Å². The maximum Gasteiger partial charge on any atom is 0.340 e.